The maximum Gasteiger partial charge on any atom is 0.317 e. The molecule has 0 radical (unpaired) electrons. The van der Waals surface area contributed by atoms with Crippen molar-refractivity contribution in [2.24, 2.45) is 0 Å². The summed E-state index contributed by atoms with van der Waals surface area (Å²) in [5, 5.41) is 8.82. The Balaban J connectivity index is 2.00. The molecule has 1 aliphatic heterocycles. The Bertz CT molecular complexity index is 814. The Kier molecular flexibility index (Phi) is 10.5. The highest BCUT2D eigenvalue weighted by Crippen LogP contribution is 2.28. The van der Waals surface area contributed by atoms with Crippen LogP contribution >= 0.6 is 11.6 Å². The highest BCUT2D eigenvalue weighted by Gasteiger charge is 2.23. The quantitative estimate of drug-likeness (QED) is 0.500. The van der Waals surface area contributed by atoms with Gasteiger partial charge in [0.15, 0.2) is 0 Å². The van der Waals surface area contributed by atoms with Gasteiger partial charge in [-0.1, -0.05) is 11.6 Å². The minimum Gasteiger partial charge on any atom is -0.383 e. The lowest BCUT2D eigenvalue weighted by Gasteiger charge is -2.36. The van der Waals surface area contributed by atoms with Crippen LogP contribution in [0.5, 0.6) is 0 Å². The number of benzene rings is 1. The van der Waals surface area contributed by atoms with Crippen LogP contribution in [0.2, 0.25) is 5.02 Å². The molecule has 0 atom stereocenters. The van der Waals surface area contributed by atoms with Gasteiger partial charge in [0.25, 0.3) is 0 Å². The molecule has 1 aromatic rings. The van der Waals surface area contributed by atoms with Crippen LogP contribution in [0.25, 0.3) is 0 Å². The minimum absolute atomic E-state index is 0.0566. The number of carbonyl (C=O) groups excluding carboxylic acids is 3. The van der Waals surface area contributed by atoms with Gasteiger partial charge in [0.05, 0.1) is 17.3 Å². The van der Waals surface area contributed by atoms with E-state index in [0.717, 1.165) is 5.69 Å². The third-order valence-corrected chi connectivity index (χ3v) is 5.41. The van der Waals surface area contributed by atoms with Crippen LogP contribution in [-0.4, -0.2) is 93.3 Å². The predicted octanol–water partition coefficient (Wildman–Crippen LogP) is 2.20. The molecule has 10 nitrogen and oxygen atoms in total. The average Bonchev–Trinajstić information content (AvgIpc) is 2.78. The maximum atomic E-state index is 12.6. The molecular weight excluding hydrogens is 448 g/mol. The van der Waals surface area contributed by atoms with Gasteiger partial charge < -0.3 is 35.4 Å². The average molecular weight is 483 g/mol. The number of nitrogens with zero attached hydrogens (tertiary/aromatic N) is 3. The lowest BCUT2D eigenvalue weighted by Crippen LogP contribution is -2.52. The number of carbonyl (C=O) groups is 3. The van der Waals surface area contributed by atoms with E-state index in [1.54, 1.807) is 11.0 Å². The highest BCUT2D eigenvalue weighted by atomic mass is 35.5. The second-order valence-electron chi connectivity index (χ2n) is 8.04. The molecule has 11 heteroatoms. The van der Waals surface area contributed by atoms with Gasteiger partial charge in [0.1, 0.15) is 6.54 Å². The first kappa shape index (κ1) is 26.5. The van der Waals surface area contributed by atoms with Crippen LogP contribution in [0.3, 0.4) is 0 Å². The van der Waals surface area contributed by atoms with E-state index in [-0.39, 0.29) is 37.1 Å². The summed E-state index contributed by atoms with van der Waals surface area (Å²) >= 11 is 6.32. The van der Waals surface area contributed by atoms with Crippen molar-refractivity contribution in [2.45, 2.75) is 26.8 Å². The molecule has 184 valence electrons. The van der Waals surface area contributed by atoms with Crippen LogP contribution in [0.1, 0.15) is 20.8 Å². The monoisotopic (exact) mass is 482 g/mol. The van der Waals surface area contributed by atoms with Gasteiger partial charge in [-0.3, -0.25) is 4.79 Å². The van der Waals surface area contributed by atoms with Gasteiger partial charge in [-0.15, -0.1) is 0 Å². The third kappa shape index (κ3) is 8.29. The van der Waals surface area contributed by atoms with E-state index < -0.39 is 0 Å². The predicted molar refractivity (Wildman–Crippen MR) is 130 cm³/mol. The molecule has 0 saturated carbocycles. The fraction of sp³-hybridized carbons (Fsp3) is 0.591. The summed E-state index contributed by atoms with van der Waals surface area (Å²) in [6, 6.07) is 5.15. The number of anilines is 2. The van der Waals surface area contributed by atoms with Gasteiger partial charge in [0.2, 0.25) is 5.91 Å². The zero-order chi connectivity index (χ0) is 24.4. The highest BCUT2D eigenvalue weighted by molar-refractivity contribution is 6.33. The molecule has 1 saturated heterocycles. The van der Waals surface area contributed by atoms with Crippen molar-refractivity contribution in [3.8, 4) is 0 Å². The molecule has 1 aromatic carbocycles. The molecule has 1 heterocycles. The minimum atomic E-state index is -0.355. The smallest absolute Gasteiger partial charge is 0.317 e. The van der Waals surface area contributed by atoms with Gasteiger partial charge in [-0.25, -0.2) is 9.59 Å². The Hall–Kier alpha value is -2.72. The molecule has 2 rings (SSSR count). The van der Waals surface area contributed by atoms with E-state index in [1.807, 2.05) is 32.9 Å². The normalized spacial score (nSPS) is 13.6. The molecule has 0 aromatic heterocycles. The fourth-order valence-electron chi connectivity index (χ4n) is 3.39. The fourth-order valence-corrected chi connectivity index (χ4v) is 3.56. The Morgan fingerprint density at radius 3 is 2.48 bits per heavy atom. The topological polar surface area (TPSA) is 106 Å². The number of hydrogen-bond donors (Lipinski definition) is 3. The van der Waals surface area contributed by atoms with Crippen molar-refractivity contribution in [3.05, 3.63) is 23.2 Å². The number of ether oxygens (including phenoxy) is 1. The summed E-state index contributed by atoms with van der Waals surface area (Å²) in [5.74, 6) is -0.355. The van der Waals surface area contributed by atoms with Crippen molar-refractivity contribution < 1.29 is 19.1 Å². The molecule has 0 spiro atoms. The number of rotatable bonds is 9. The summed E-state index contributed by atoms with van der Waals surface area (Å²) in [4.78, 5) is 42.4. The lowest BCUT2D eigenvalue weighted by molar-refractivity contribution is -0.116. The Labute approximate surface area is 200 Å². The molecule has 33 heavy (non-hydrogen) atoms. The van der Waals surface area contributed by atoms with Crippen molar-refractivity contribution in [2.75, 3.05) is 69.7 Å². The number of hydrogen-bond acceptors (Lipinski definition) is 5. The molecule has 1 aliphatic rings. The molecule has 0 bridgehead atoms. The summed E-state index contributed by atoms with van der Waals surface area (Å²) in [6.07, 6.45) is 0. The Morgan fingerprint density at radius 2 is 1.88 bits per heavy atom. The SMILES string of the molecule is CCNC(=O)N(CCOC)CC(=O)Nc1cc(N2CCN(C(=O)NC(C)C)CC2)ccc1Cl. The maximum absolute atomic E-state index is 12.6. The van der Waals surface area contributed by atoms with Crippen molar-refractivity contribution in [1.29, 1.82) is 0 Å². The number of nitrogens with one attached hydrogen (secondary N) is 3. The number of methoxy groups -OCH3 is 1. The molecular formula is C22H35ClN6O4. The molecule has 0 unspecified atom stereocenters. The van der Waals surface area contributed by atoms with E-state index in [4.69, 9.17) is 16.3 Å². The zero-order valence-corrected chi connectivity index (χ0v) is 20.6. The van der Waals surface area contributed by atoms with Crippen LogP contribution in [0, 0.1) is 0 Å². The van der Waals surface area contributed by atoms with Gasteiger partial charge in [0, 0.05) is 58.1 Å². The van der Waals surface area contributed by atoms with Crippen LogP contribution in [0.15, 0.2) is 18.2 Å². The second-order valence-corrected chi connectivity index (χ2v) is 8.45. The molecule has 1 fully saturated rings. The van der Waals surface area contributed by atoms with E-state index in [0.29, 0.717) is 50.0 Å². The van der Waals surface area contributed by atoms with Crippen LogP contribution in [-0.2, 0) is 9.53 Å². The molecule has 0 aliphatic carbocycles. The third-order valence-electron chi connectivity index (χ3n) is 5.08. The largest absolute Gasteiger partial charge is 0.383 e. The number of urea groups is 2. The first-order valence-electron chi connectivity index (χ1n) is 11.2. The summed E-state index contributed by atoms with van der Waals surface area (Å²) < 4.78 is 5.04. The molecule has 3 N–H and O–H groups in total. The van der Waals surface area contributed by atoms with Crippen molar-refractivity contribution >= 4 is 40.9 Å². The Morgan fingerprint density at radius 1 is 1.18 bits per heavy atom. The zero-order valence-electron chi connectivity index (χ0n) is 19.8. The summed E-state index contributed by atoms with van der Waals surface area (Å²) in [6.45, 7) is 9.17. The van der Waals surface area contributed by atoms with Crippen LogP contribution < -0.4 is 20.9 Å². The van der Waals surface area contributed by atoms with E-state index in [2.05, 4.69) is 20.9 Å². The van der Waals surface area contributed by atoms with E-state index >= 15 is 0 Å². The van der Waals surface area contributed by atoms with Gasteiger partial charge in [-0.05, 0) is 39.0 Å². The van der Waals surface area contributed by atoms with E-state index in [1.165, 1.54) is 12.0 Å². The van der Waals surface area contributed by atoms with Gasteiger partial charge in [-0.2, -0.15) is 0 Å². The first-order valence-corrected chi connectivity index (χ1v) is 11.5. The number of piperazine rings is 1. The number of amides is 5. The van der Waals surface area contributed by atoms with Crippen molar-refractivity contribution in [1.82, 2.24) is 20.4 Å². The van der Waals surface area contributed by atoms with Crippen molar-refractivity contribution in [3.63, 3.8) is 0 Å². The summed E-state index contributed by atoms with van der Waals surface area (Å²) in [7, 11) is 1.54. The molecule has 5 amide bonds. The second kappa shape index (κ2) is 13.1. The summed E-state index contributed by atoms with van der Waals surface area (Å²) in [5.41, 5.74) is 1.38. The first-order chi connectivity index (χ1) is 15.7. The standard InChI is InChI=1S/C22H35ClN6O4/c1-5-24-21(31)29(12-13-33-4)15-20(30)26-19-14-17(6-7-18(19)23)27-8-10-28(11-9-27)22(32)25-16(2)3/h6-7,14,16H,5,8-13,15H2,1-4H3,(H,24,31)(H,25,32)(H,26,30). The van der Waals surface area contributed by atoms with E-state index in [9.17, 15) is 14.4 Å². The van der Waals surface area contributed by atoms with Crippen LogP contribution in [0.4, 0.5) is 21.0 Å². The number of halogens is 1. The lowest BCUT2D eigenvalue weighted by atomic mass is 10.2. The van der Waals surface area contributed by atoms with Gasteiger partial charge >= 0.3 is 12.1 Å².